The van der Waals surface area contributed by atoms with Gasteiger partial charge in [-0.1, -0.05) is 49.6 Å². The number of anilines is 1. The van der Waals surface area contributed by atoms with Crippen molar-refractivity contribution in [3.8, 4) is 5.75 Å². The maximum Gasteiger partial charge on any atom is 0.287 e. The molecule has 0 bridgehead atoms. The lowest BCUT2D eigenvalue weighted by Gasteiger charge is -2.39. The van der Waals surface area contributed by atoms with Crippen molar-refractivity contribution in [3.63, 3.8) is 0 Å². The first-order valence-electron chi connectivity index (χ1n) is 12.5. The molecular formula is C28H31N3O5. The fraction of sp³-hybridized carbons (Fsp3) is 0.393. The summed E-state index contributed by atoms with van der Waals surface area (Å²) in [4.78, 5) is 41.7. The first-order valence-corrected chi connectivity index (χ1v) is 12.5. The summed E-state index contributed by atoms with van der Waals surface area (Å²) in [6, 6.07) is 16.1. The van der Waals surface area contributed by atoms with Crippen LogP contribution in [0.3, 0.4) is 0 Å². The molecule has 2 N–H and O–H groups in total. The van der Waals surface area contributed by atoms with Crippen LogP contribution in [0.5, 0.6) is 5.75 Å². The van der Waals surface area contributed by atoms with Gasteiger partial charge < -0.3 is 24.7 Å². The van der Waals surface area contributed by atoms with Gasteiger partial charge in [-0.3, -0.25) is 14.4 Å². The molecule has 1 atom stereocenters. The lowest BCUT2D eigenvalue weighted by Crippen LogP contribution is -2.63. The monoisotopic (exact) mass is 489 g/mol. The molecule has 2 amide bonds. The number of rotatable bonds is 6. The van der Waals surface area contributed by atoms with E-state index in [1.54, 1.807) is 19.2 Å². The molecule has 188 valence electrons. The van der Waals surface area contributed by atoms with Crippen molar-refractivity contribution in [2.45, 2.75) is 50.1 Å². The Morgan fingerprint density at radius 3 is 2.56 bits per heavy atom. The van der Waals surface area contributed by atoms with Gasteiger partial charge in [0.2, 0.25) is 5.91 Å². The normalized spacial score (nSPS) is 19.6. The molecule has 1 aliphatic carbocycles. The molecule has 2 heterocycles. The molecule has 1 aliphatic heterocycles. The Hall–Kier alpha value is -3.81. The third-order valence-corrected chi connectivity index (χ3v) is 7.30. The number of para-hydroxylation sites is 3. The van der Waals surface area contributed by atoms with E-state index in [2.05, 4.69) is 10.6 Å². The smallest absolute Gasteiger partial charge is 0.287 e. The zero-order valence-corrected chi connectivity index (χ0v) is 20.4. The van der Waals surface area contributed by atoms with Crippen LogP contribution in [0, 0.1) is 0 Å². The maximum absolute atomic E-state index is 13.6. The average Bonchev–Trinajstić information content (AvgIpc) is 3.35. The number of ketones is 1. The molecule has 0 radical (unpaired) electrons. The zero-order chi connectivity index (χ0) is 25.1. The van der Waals surface area contributed by atoms with E-state index in [4.69, 9.17) is 9.15 Å². The zero-order valence-electron chi connectivity index (χ0n) is 20.4. The number of hydrogen-bond acceptors (Lipinski definition) is 6. The van der Waals surface area contributed by atoms with Crippen LogP contribution in [-0.4, -0.2) is 49.4 Å². The third-order valence-electron chi connectivity index (χ3n) is 7.30. The lowest BCUT2D eigenvalue weighted by molar-refractivity contribution is -0.133. The highest BCUT2D eigenvalue weighted by Gasteiger charge is 2.43. The molecule has 8 nitrogen and oxygen atoms in total. The Bertz CT molecular complexity index is 1240. The molecule has 1 aromatic heterocycles. The van der Waals surface area contributed by atoms with E-state index in [0.29, 0.717) is 37.1 Å². The van der Waals surface area contributed by atoms with Gasteiger partial charge in [-0.25, -0.2) is 0 Å². The highest BCUT2D eigenvalue weighted by Crippen LogP contribution is 2.32. The van der Waals surface area contributed by atoms with E-state index in [1.807, 2.05) is 47.4 Å². The first kappa shape index (κ1) is 23.9. The van der Waals surface area contributed by atoms with Crippen LogP contribution in [0.2, 0.25) is 0 Å². The summed E-state index contributed by atoms with van der Waals surface area (Å²) >= 11 is 0. The summed E-state index contributed by atoms with van der Waals surface area (Å²) in [6.07, 6.45) is 4.20. The number of carbonyl (C=O) groups is 3. The van der Waals surface area contributed by atoms with Crippen LogP contribution in [0.25, 0.3) is 11.0 Å². The van der Waals surface area contributed by atoms with Crippen LogP contribution in [-0.2, 0) is 9.59 Å². The minimum absolute atomic E-state index is 0.0601. The van der Waals surface area contributed by atoms with Crippen molar-refractivity contribution in [1.29, 1.82) is 0 Å². The van der Waals surface area contributed by atoms with E-state index in [-0.39, 0.29) is 24.0 Å². The van der Waals surface area contributed by atoms with E-state index >= 15 is 0 Å². The summed E-state index contributed by atoms with van der Waals surface area (Å²) in [5, 5.41) is 6.78. The first-order chi connectivity index (χ1) is 17.5. The molecule has 36 heavy (non-hydrogen) atoms. The number of ether oxygens (including phenoxy) is 1. The Labute approximate surface area is 210 Å². The molecule has 8 heteroatoms. The third kappa shape index (κ3) is 4.67. The number of methoxy groups -OCH3 is 1. The topological polar surface area (TPSA) is 101 Å². The van der Waals surface area contributed by atoms with Crippen molar-refractivity contribution in [2.75, 3.05) is 25.1 Å². The summed E-state index contributed by atoms with van der Waals surface area (Å²) in [5.74, 6) is 0.115. The number of Topliss-reactive ketones (excluding diaryl/α,β-unsaturated/α-hetero) is 1. The molecule has 3 aromatic rings. The average molecular weight is 490 g/mol. The number of hydrogen-bond donors (Lipinski definition) is 2. The van der Waals surface area contributed by atoms with Gasteiger partial charge in [0.15, 0.2) is 11.5 Å². The van der Waals surface area contributed by atoms with Crippen molar-refractivity contribution in [2.24, 2.45) is 0 Å². The van der Waals surface area contributed by atoms with Crippen LogP contribution in [0.1, 0.15) is 49.1 Å². The van der Waals surface area contributed by atoms with Gasteiger partial charge in [0.25, 0.3) is 5.91 Å². The number of carbonyl (C=O) groups excluding carboxylic acids is 3. The predicted molar refractivity (Wildman–Crippen MR) is 136 cm³/mol. The lowest BCUT2D eigenvalue weighted by atomic mass is 9.80. The van der Waals surface area contributed by atoms with Gasteiger partial charge in [0.05, 0.1) is 25.4 Å². The fourth-order valence-electron chi connectivity index (χ4n) is 5.31. The minimum atomic E-state index is -1.06. The number of piperidine rings is 1. The number of nitrogens with zero attached hydrogens (tertiary/aromatic N) is 1. The van der Waals surface area contributed by atoms with Crippen molar-refractivity contribution < 1.29 is 23.5 Å². The van der Waals surface area contributed by atoms with E-state index in [0.717, 1.165) is 30.3 Å². The molecule has 2 fully saturated rings. The van der Waals surface area contributed by atoms with Crippen molar-refractivity contribution in [3.05, 3.63) is 60.4 Å². The summed E-state index contributed by atoms with van der Waals surface area (Å²) in [5.41, 5.74) is 0.422. The Morgan fingerprint density at radius 1 is 1.06 bits per heavy atom. The van der Waals surface area contributed by atoms with Gasteiger partial charge in [0.1, 0.15) is 16.9 Å². The van der Waals surface area contributed by atoms with Gasteiger partial charge in [-0.05, 0) is 43.5 Å². The van der Waals surface area contributed by atoms with Gasteiger partial charge in [-0.15, -0.1) is 0 Å². The minimum Gasteiger partial charge on any atom is -0.495 e. The fourth-order valence-corrected chi connectivity index (χ4v) is 5.31. The Kier molecular flexibility index (Phi) is 6.67. The number of fused-ring (bicyclic) bond motifs is 1. The number of nitrogens with one attached hydrogen (secondary N) is 2. The Balaban J connectivity index is 1.28. The van der Waals surface area contributed by atoms with Crippen molar-refractivity contribution in [1.82, 2.24) is 10.6 Å². The molecule has 1 unspecified atom stereocenters. The van der Waals surface area contributed by atoms with Crippen LogP contribution in [0.15, 0.2) is 59.0 Å². The van der Waals surface area contributed by atoms with Gasteiger partial charge in [0, 0.05) is 11.9 Å². The van der Waals surface area contributed by atoms with E-state index in [1.165, 1.54) is 0 Å². The number of benzene rings is 2. The summed E-state index contributed by atoms with van der Waals surface area (Å²) < 4.78 is 11.2. The number of furan rings is 1. The van der Waals surface area contributed by atoms with Crippen LogP contribution in [0.4, 0.5) is 5.69 Å². The second-order valence-electron chi connectivity index (χ2n) is 9.62. The highest BCUT2D eigenvalue weighted by molar-refractivity contribution is 6.01. The summed E-state index contributed by atoms with van der Waals surface area (Å²) in [6.45, 7) is 0.791. The van der Waals surface area contributed by atoms with E-state index in [9.17, 15) is 14.4 Å². The van der Waals surface area contributed by atoms with Gasteiger partial charge in [-0.2, -0.15) is 0 Å². The molecular weight excluding hydrogens is 458 g/mol. The van der Waals surface area contributed by atoms with E-state index < -0.39 is 17.5 Å². The molecule has 2 aromatic carbocycles. The largest absolute Gasteiger partial charge is 0.495 e. The second kappa shape index (κ2) is 10.0. The molecule has 0 spiro atoms. The Morgan fingerprint density at radius 2 is 1.81 bits per heavy atom. The van der Waals surface area contributed by atoms with Gasteiger partial charge >= 0.3 is 0 Å². The molecule has 1 saturated carbocycles. The maximum atomic E-state index is 13.6. The molecule has 2 aliphatic rings. The SMILES string of the molecule is COc1ccccc1N1CCC(NC(=O)C2(NC(=O)c3cc4ccccc4o3)CCCCC2)C(=O)C1. The molecule has 1 saturated heterocycles. The molecule has 5 rings (SSSR count). The van der Waals surface area contributed by atoms with Crippen LogP contribution >= 0.6 is 0 Å². The van der Waals surface area contributed by atoms with Crippen molar-refractivity contribution >= 4 is 34.3 Å². The number of amides is 2. The van der Waals surface area contributed by atoms with Crippen LogP contribution < -0.4 is 20.3 Å². The predicted octanol–water partition coefficient (Wildman–Crippen LogP) is 3.84. The quantitative estimate of drug-likeness (QED) is 0.546. The summed E-state index contributed by atoms with van der Waals surface area (Å²) in [7, 11) is 1.61. The standard InChI is InChI=1S/C28H31N3O5/c1-35-24-12-6-4-10-21(24)31-16-13-20(22(32)18-31)29-27(34)28(14-7-2-8-15-28)30-26(33)25-17-19-9-3-5-11-23(19)36-25/h3-6,9-12,17,20H,2,7-8,13-16,18H2,1H3,(H,29,34)(H,30,33). The highest BCUT2D eigenvalue weighted by atomic mass is 16.5. The second-order valence-corrected chi connectivity index (χ2v) is 9.62.